The summed E-state index contributed by atoms with van der Waals surface area (Å²) >= 11 is 0. The number of hydrogen-bond donors (Lipinski definition) is 5. The van der Waals surface area contributed by atoms with Crippen LogP contribution in [0, 0.1) is 11.8 Å². The second-order valence-electron chi connectivity index (χ2n) is 9.63. The van der Waals surface area contributed by atoms with Crippen molar-refractivity contribution in [1.82, 2.24) is 0 Å². The van der Waals surface area contributed by atoms with Gasteiger partial charge in [-0.3, -0.25) is 0 Å². The molecule has 1 saturated heterocycles. The molecule has 3 aliphatic carbocycles. The van der Waals surface area contributed by atoms with Crippen LogP contribution >= 0.6 is 0 Å². The monoisotopic (exact) mass is 446 g/mol. The number of aliphatic carboxylic acids is 1. The number of carbonyl (C=O) groups is 1. The number of carboxylic acid groups (broad SMARTS) is 1. The second-order valence-corrected chi connectivity index (χ2v) is 9.63. The van der Waals surface area contributed by atoms with Gasteiger partial charge in [-0.25, -0.2) is 4.79 Å². The summed E-state index contributed by atoms with van der Waals surface area (Å²) in [7, 11) is 0. The number of phenols is 1. The molecule has 9 heteroatoms. The van der Waals surface area contributed by atoms with E-state index in [4.69, 9.17) is 14.2 Å². The van der Waals surface area contributed by atoms with Gasteiger partial charge in [0.2, 0.25) is 0 Å². The highest BCUT2D eigenvalue weighted by Gasteiger charge is 2.64. The van der Waals surface area contributed by atoms with E-state index in [0.717, 1.165) is 31.2 Å². The van der Waals surface area contributed by atoms with Crippen LogP contribution in [-0.4, -0.2) is 74.4 Å². The molecule has 2 aliphatic heterocycles. The molecule has 5 N–H and O–H groups in total. The highest BCUT2D eigenvalue weighted by atomic mass is 16.7. The van der Waals surface area contributed by atoms with E-state index < -0.39 is 48.9 Å². The Morgan fingerprint density at radius 1 is 1.12 bits per heavy atom. The smallest absolute Gasteiger partial charge is 0.335 e. The molecule has 1 saturated carbocycles. The van der Waals surface area contributed by atoms with Crippen molar-refractivity contribution in [2.75, 3.05) is 0 Å². The lowest BCUT2D eigenvalue weighted by Gasteiger charge is -2.54. The third-order valence-corrected chi connectivity index (χ3v) is 8.10. The summed E-state index contributed by atoms with van der Waals surface area (Å²) in [5, 5.41) is 50.4. The van der Waals surface area contributed by atoms with Crippen LogP contribution in [0.5, 0.6) is 11.5 Å². The van der Waals surface area contributed by atoms with Crippen LogP contribution in [0.15, 0.2) is 24.3 Å². The first-order chi connectivity index (χ1) is 15.3. The quantitative estimate of drug-likeness (QED) is 0.411. The molecule has 0 unspecified atom stereocenters. The SMILES string of the molecule is O=C(O)[C@H]1O[C@@H](O[C@H]2C=C[C@H]3[C@@H]4CCC[C@@]35c3c(ccc(O)c3O[C@@H]25)C4)[C@H](O)[C@@H](O)[C@@H]1O. The van der Waals surface area contributed by atoms with Gasteiger partial charge in [-0.2, -0.15) is 0 Å². The molecule has 1 aromatic rings. The lowest BCUT2D eigenvalue weighted by molar-refractivity contribution is -0.307. The first kappa shape index (κ1) is 20.4. The molecule has 1 spiro atoms. The predicted molar refractivity (Wildman–Crippen MR) is 107 cm³/mol. The fourth-order valence-electron chi connectivity index (χ4n) is 6.80. The van der Waals surface area contributed by atoms with E-state index in [1.54, 1.807) is 6.07 Å². The zero-order valence-electron chi connectivity index (χ0n) is 17.2. The number of aliphatic hydroxyl groups excluding tert-OH is 3. The van der Waals surface area contributed by atoms with Crippen LogP contribution in [-0.2, 0) is 26.1 Å². The molecular formula is C23H26O9. The molecule has 6 rings (SSSR count). The molecule has 1 aromatic carbocycles. The Kier molecular flexibility index (Phi) is 4.42. The Morgan fingerprint density at radius 2 is 1.94 bits per heavy atom. The number of allylic oxidation sites excluding steroid dienone is 1. The average Bonchev–Trinajstić information content (AvgIpc) is 3.11. The summed E-state index contributed by atoms with van der Waals surface area (Å²) in [5.41, 5.74) is 1.83. The second kappa shape index (κ2) is 6.91. The molecule has 0 amide bonds. The predicted octanol–water partition coefficient (Wildman–Crippen LogP) is 0.211. The molecule has 2 heterocycles. The number of carboxylic acids is 1. The van der Waals surface area contributed by atoms with Gasteiger partial charge >= 0.3 is 5.97 Å². The van der Waals surface area contributed by atoms with Crippen molar-refractivity contribution in [2.45, 2.75) is 74.0 Å². The van der Waals surface area contributed by atoms with Gasteiger partial charge in [0.15, 0.2) is 23.9 Å². The van der Waals surface area contributed by atoms with Gasteiger partial charge in [-0.15, -0.1) is 0 Å². The molecule has 172 valence electrons. The summed E-state index contributed by atoms with van der Waals surface area (Å²) in [6.45, 7) is 0. The zero-order valence-corrected chi connectivity index (χ0v) is 17.2. The summed E-state index contributed by atoms with van der Waals surface area (Å²) in [6.07, 6.45) is -1.68. The highest BCUT2D eigenvalue weighted by molar-refractivity contribution is 5.73. The zero-order chi connectivity index (χ0) is 22.4. The minimum atomic E-state index is -1.78. The van der Waals surface area contributed by atoms with Crippen LogP contribution in [0.25, 0.3) is 0 Å². The number of phenolic OH excluding ortho intramolecular Hbond substituents is 1. The Bertz CT molecular complexity index is 992. The van der Waals surface area contributed by atoms with Gasteiger partial charge in [0.05, 0.1) is 0 Å². The van der Waals surface area contributed by atoms with Crippen molar-refractivity contribution in [2.24, 2.45) is 11.8 Å². The number of rotatable bonds is 3. The number of aromatic hydroxyl groups is 1. The van der Waals surface area contributed by atoms with Gasteiger partial charge in [-0.05, 0) is 42.7 Å². The number of ether oxygens (including phenoxy) is 3. The van der Waals surface area contributed by atoms with Crippen molar-refractivity contribution in [3.8, 4) is 11.5 Å². The molecular weight excluding hydrogens is 420 g/mol. The third-order valence-electron chi connectivity index (χ3n) is 8.10. The Hall–Kier alpha value is -2.17. The maximum atomic E-state index is 11.5. The third kappa shape index (κ3) is 2.54. The minimum Gasteiger partial charge on any atom is -0.504 e. The maximum Gasteiger partial charge on any atom is 0.335 e. The fourth-order valence-corrected chi connectivity index (χ4v) is 6.80. The summed E-state index contributed by atoms with van der Waals surface area (Å²) in [6, 6.07) is 3.62. The molecule has 5 aliphatic rings. The number of benzene rings is 1. The Morgan fingerprint density at radius 3 is 2.72 bits per heavy atom. The van der Waals surface area contributed by atoms with E-state index in [1.165, 1.54) is 5.56 Å². The van der Waals surface area contributed by atoms with Crippen LogP contribution < -0.4 is 4.74 Å². The topological polar surface area (TPSA) is 146 Å². The van der Waals surface area contributed by atoms with E-state index in [9.17, 15) is 30.3 Å². The number of hydrogen-bond acceptors (Lipinski definition) is 8. The molecule has 32 heavy (non-hydrogen) atoms. The summed E-state index contributed by atoms with van der Waals surface area (Å²) in [4.78, 5) is 11.5. The normalized spacial score (nSPS) is 45.8. The van der Waals surface area contributed by atoms with Crippen molar-refractivity contribution < 1.29 is 44.5 Å². The van der Waals surface area contributed by atoms with Crippen LogP contribution in [0.4, 0.5) is 0 Å². The molecule has 10 atom stereocenters. The van der Waals surface area contributed by atoms with Crippen molar-refractivity contribution in [1.29, 1.82) is 0 Å². The van der Waals surface area contributed by atoms with E-state index >= 15 is 0 Å². The summed E-state index contributed by atoms with van der Waals surface area (Å²) < 4.78 is 17.7. The molecule has 0 radical (unpaired) electrons. The van der Waals surface area contributed by atoms with Crippen LogP contribution in [0.1, 0.15) is 30.4 Å². The van der Waals surface area contributed by atoms with Crippen LogP contribution in [0.2, 0.25) is 0 Å². The Labute approximate surface area is 183 Å². The maximum absolute atomic E-state index is 11.5. The summed E-state index contributed by atoms with van der Waals surface area (Å²) in [5.74, 6) is -0.226. The fraction of sp³-hybridized carbons (Fsp3) is 0.609. The average molecular weight is 446 g/mol. The standard InChI is InChI=1S/C23H26O9/c24-12-5-3-10-8-9-2-1-7-23-11(9)4-6-13(20(23)31-18(12)14(10)23)30-22-17(27)15(25)16(26)19(32-22)21(28)29/h3-6,9,11,13,15-17,19-20,22,24-27H,1-2,7-8H2,(H,28,29)/t9-,11+,13+,15+,16+,17-,19+,20+,22-,23+/m1/s1. The first-order valence-corrected chi connectivity index (χ1v) is 11.1. The van der Waals surface area contributed by atoms with Crippen LogP contribution in [0.3, 0.4) is 0 Å². The van der Waals surface area contributed by atoms with E-state index in [2.05, 4.69) is 6.08 Å². The molecule has 2 fully saturated rings. The molecule has 9 nitrogen and oxygen atoms in total. The minimum absolute atomic E-state index is 0.0764. The Balaban J connectivity index is 1.37. The van der Waals surface area contributed by atoms with Crippen molar-refractivity contribution in [3.63, 3.8) is 0 Å². The molecule has 0 aromatic heterocycles. The van der Waals surface area contributed by atoms with Gasteiger partial charge < -0.3 is 39.7 Å². The van der Waals surface area contributed by atoms with Crippen molar-refractivity contribution >= 4 is 5.97 Å². The largest absolute Gasteiger partial charge is 0.504 e. The lowest BCUT2D eigenvalue weighted by atomic mass is 9.50. The first-order valence-electron chi connectivity index (χ1n) is 11.1. The van der Waals surface area contributed by atoms with E-state index in [-0.39, 0.29) is 17.1 Å². The van der Waals surface area contributed by atoms with Gasteiger partial charge in [0.25, 0.3) is 0 Å². The van der Waals surface area contributed by atoms with E-state index in [1.807, 2.05) is 12.1 Å². The van der Waals surface area contributed by atoms with Gasteiger partial charge in [-0.1, -0.05) is 24.6 Å². The van der Waals surface area contributed by atoms with Crippen molar-refractivity contribution in [3.05, 3.63) is 35.4 Å². The molecule has 2 bridgehead atoms. The van der Waals surface area contributed by atoms with Gasteiger partial charge in [0, 0.05) is 11.0 Å². The van der Waals surface area contributed by atoms with Gasteiger partial charge in [0.1, 0.15) is 30.5 Å². The highest BCUT2D eigenvalue weighted by Crippen LogP contribution is 2.64. The van der Waals surface area contributed by atoms with E-state index in [0.29, 0.717) is 11.7 Å². The number of aliphatic hydroxyl groups is 3. The lowest BCUT2D eigenvalue weighted by Crippen LogP contribution is -2.63.